The maximum absolute atomic E-state index is 5.71. The highest BCUT2D eigenvalue weighted by Gasteiger charge is 2.02. The van der Waals surface area contributed by atoms with E-state index in [4.69, 9.17) is 11.6 Å². The van der Waals surface area contributed by atoms with E-state index in [1.807, 2.05) is 24.3 Å². The summed E-state index contributed by atoms with van der Waals surface area (Å²) < 4.78 is 1.01. The average Bonchev–Trinajstić information content (AvgIpc) is 2.56. The number of para-hydroxylation sites is 1. The minimum Gasteiger partial charge on any atom is -0.331 e. The summed E-state index contributed by atoms with van der Waals surface area (Å²) in [7, 11) is 0. The molecule has 0 aliphatic carbocycles. The zero-order chi connectivity index (χ0) is 9.97. The second-order valence-corrected chi connectivity index (χ2v) is 4.68. The second kappa shape index (κ2) is 4.29. The van der Waals surface area contributed by atoms with Crippen LogP contribution in [0.1, 0.15) is 0 Å². The summed E-state index contributed by atoms with van der Waals surface area (Å²) in [6, 6.07) is 7.86. The van der Waals surface area contributed by atoms with E-state index in [1.165, 1.54) is 11.3 Å². The zero-order valence-electron chi connectivity index (χ0n) is 7.00. The Hall–Kier alpha value is -0.580. The number of halogens is 2. The number of nitrogens with one attached hydrogen (secondary N) is 1. The van der Waals surface area contributed by atoms with E-state index in [0.717, 1.165) is 15.3 Å². The lowest BCUT2D eigenvalue weighted by molar-refractivity contribution is 1.39. The molecule has 0 saturated carbocycles. The Balaban J connectivity index is 2.23. The number of anilines is 2. The summed E-state index contributed by atoms with van der Waals surface area (Å²) in [6.07, 6.45) is 0. The van der Waals surface area contributed by atoms with Crippen LogP contribution in [-0.2, 0) is 0 Å². The lowest BCUT2D eigenvalue weighted by Crippen LogP contribution is -1.89. The highest BCUT2D eigenvalue weighted by Crippen LogP contribution is 2.27. The van der Waals surface area contributed by atoms with Crippen molar-refractivity contribution < 1.29 is 0 Å². The lowest BCUT2D eigenvalue weighted by atomic mass is 10.3. The Morgan fingerprint density at radius 1 is 1.36 bits per heavy atom. The Labute approximate surface area is 99.1 Å². The molecular weight excluding hydrogens is 284 g/mol. The van der Waals surface area contributed by atoms with Crippen molar-refractivity contribution in [3.05, 3.63) is 39.3 Å². The first-order valence-corrected chi connectivity index (χ1v) is 5.93. The van der Waals surface area contributed by atoms with E-state index in [0.29, 0.717) is 5.15 Å². The first-order valence-electron chi connectivity index (χ1n) is 3.88. The van der Waals surface area contributed by atoms with Gasteiger partial charge in [0.05, 0.1) is 5.69 Å². The average molecular weight is 290 g/mol. The molecule has 0 unspecified atom stereocenters. The summed E-state index contributed by atoms with van der Waals surface area (Å²) in [4.78, 5) is 4.10. The quantitative estimate of drug-likeness (QED) is 0.891. The van der Waals surface area contributed by atoms with E-state index < -0.39 is 0 Å². The number of thiazole rings is 1. The fraction of sp³-hybridized carbons (Fsp3) is 0. The highest BCUT2D eigenvalue weighted by atomic mass is 79.9. The smallest absolute Gasteiger partial charge is 0.188 e. The van der Waals surface area contributed by atoms with Crippen LogP contribution < -0.4 is 5.32 Å². The molecule has 0 bridgehead atoms. The third-order valence-electron chi connectivity index (χ3n) is 1.59. The largest absolute Gasteiger partial charge is 0.331 e. The Bertz CT molecular complexity index is 444. The maximum Gasteiger partial charge on any atom is 0.188 e. The molecule has 0 aliphatic heterocycles. The van der Waals surface area contributed by atoms with Gasteiger partial charge >= 0.3 is 0 Å². The fourth-order valence-corrected chi connectivity index (χ4v) is 2.22. The van der Waals surface area contributed by atoms with Crippen molar-refractivity contribution in [1.82, 2.24) is 4.98 Å². The molecule has 0 fully saturated rings. The minimum absolute atomic E-state index is 0.518. The van der Waals surface area contributed by atoms with Crippen LogP contribution in [0.3, 0.4) is 0 Å². The summed E-state index contributed by atoms with van der Waals surface area (Å²) in [5.41, 5.74) is 0.985. The molecule has 72 valence electrons. The van der Waals surface area contributed by atoms with Crippen LogP contribution in [0.4, 0.5) is 10.8 Å². The van der Waals surface area contributed by atoms with Crippen molar-refractivity contribution in [2.75, 3.05) is 5.32 Å². The predicted octanol–water partition coefficient (Wildman–Crippen LogP) is 4.30. The minimum atomic E-state index is 0.518. The van der Waals surface area contributed by atoms with Crippen LogP contribution in [0, 0.1) is 0 Å². The second-order valence-electron chi connectivity index (χ2n) is 2.58. The van der Waals surface area contributed by atoms with Crippen molar-refractivity contribution in [2.45, 2.75) is 0 Å². The summed E-state index contributed by atoms with van der Waals surface area (Å²) in [5, 5.41) is 6.27. The third-order valence-corrected chi connectivity index (χ3v) is 3.36. The van der Waals surface area contributed by atoms with Gasteiger partial charge in [0.2, 0.25) is 0 Å². The van der Waals surface area contributed by atoms with Crippen LogP contribution in [0.15, 0.2) is 34.1 Å². The van der Waals surface area contributed by atoms with Crippen LogP contribution in [-0.4, -0.2) is 4.98 Å². The molecule has 5 heteroatoms. The SMILES string of the molecule is Clc1csc(Nc2ccccc2Br)n1. The van der Waals surface area contributed by atoms with Gasteiger partial charge in [-0.25, -0.2) is 4.98 Å². The molecule has 0 spiro atoms. The molecule has 0 radical (unpaired) electrons. The van der Waals surface area contributed by atoms with Gasteiger partial charge in [0.1, 0.15) is 5.15 Å². The van der Waals surface area contributed by atoms with Gasteiger partial charge in [0.15, 0.2) is 5.13 Å². The Morgan fingerprint density at radius 3 is 2.79 bits per heavy atom. The number of hydrogen-bond acceptors (Lipinski definition) is 3. The van der Waals surface area contributed by atoms with Crippen molar-refractivity contribution in [2.24, 2.45) is 0 Å². The summed E-state index contributed by atoms with van der Waals surface area (Å²) >= 11 is 10.6. The van der Waals surface area contributed by atoms with Crippen molar-refractivity contribution in [1.29, 1.82) is 0 Å². The maximum atomic E-state index is 5.71. The number of hydrogen-bond donors (Lipinski definition) is 1. The summed E-state index contributed by atoms with van der Waals surface area (Å²) in [6.45, 7) is 0. The molecule has 0 amide bonds. The fourth-order valence-electron chi connectivity index (χ4n) is 0.989. The van der Waals surface area contributed by atoms with Gasteiger partial charge in [-0.05, 0) is 28.1 Å². The van der Waals surface area contributed by atoms with Crippen molar-refractivity contribution in [3.63, 3.8) is 0 Å². The van der Waals surface area contributed by atoms with Gasteiger partial charge in [-0.1, -0.05) is 23.7 Å². The van der Waals surface area contributed by atoms with Crippen molar-refractivity contribution >= 4 is 49.7 Å². The first-order chi connectivity index (χ1) is 6.75. The van der Waals surface area contributed by atoms with Gasteiger partial charge < -0.3 is 5.32 Å². The van der Waals surface area contributed by atoms with Crippen LogP contribution >= 0.6 is 38.9 Å². The number of aromatic nitrogens is 1. The van der Waals surface area contributed by atoms with Gasteiger partial charge in [-0.15, -0.1) is 11.3 Å². The topological polar surface area (TPSA) is 24.9 Å². The van der Waals surface area contributed by atoms with Crippen molar-refractivity contribution in [3.8, 4) is 0 Å². The van der Waals surface area contributed by atoms with E-state index in [1.54, 1.807) is 5.38 Å². The standard InChI is InChI=1S/C9H6BrClN2S/c10-6-3-1-2-4-7(6)12-9-13-8(11)5-14-9/h1-5H,(H,12,13). The molecule has 1 heterocycles. The number of rotatable bonds is 2. The van der Waals surface area contributed by atoms with Gasteiger partial charge in [0, 0.05) is 9.85 Å². The molecule has 1 aromatic carbocycles. The highest BCUT2D eigenvalue weighted by molar-refractivity contribution is 9.10. The molecule has 2 rings (SSSR count). The van der Waals surface area contributed by atoms with Gasteiger partial charge in [0.25, 0.3) is 0 Å². The molecule has 14 heavy (non-hydrogen) atoms. The third kappa shape index (κ3) is 2.26. The monoisotopic (exact) mass is 288 g/mol. The predicted molar refractivity (Wildman–Crippen MR) is 64.5 cm³/mol. The van der Waals surface area contributed by atoms with E-state index in [-0.39, 0.29) is 0 Å². The lowest BCUT2D eigenvalue weighted by Gasteiger charge is -2.03. The van der Waals surface area contributed by atoms with Gasteiger partial charge in [-0.3, -0.25) is 0 Å². The van der Waals surface area contributed by atoms with Crippen LogP contribution in [0.2, 0.25) is 5.15 Å². The van der Waals surface area contributed by atoms with E-state index >= 15 is 0 Å². The number of nitrogens with zero attached hydrogens (tertiary/aromatic N) is 1. The first kappa shape index (κ1) is 9.96. The molecule has 2 aromatic rings. The van der Waals surface area contributed by atoms with E-state index in [9.17, 15) is 0 Å². The molecule has 1 aromatic heterocycles. The molecule has 0 aliphatic rings. The van der Waals surface area contributed by atoms with Gasteiger partial charge in [-0.2, -0.15) is 0 Å². The Morgan fingerprint density at radius 2 is 2.14 bits per heavy atom. The van der Waals surface area contributed by atoms with E-state index in [2.05, 4.69) is 26.2 Å². The van der Waals surface area contributed by atoms with Crippen LogP contribution in [0.25, 0.3) is 0 Å². The molecule has 0 atom stereocenters. The van der Waals surface area contributed by atoms with Crippen LogP contribution in [0.5, 0.6) is 0 Å². The summed E-state index contributed by atoms with van der Waals surface area (Å²) in [5.74, 6) is 0. The molecule has 1 N–H and O–H groups in total. The number of benzene rings is 1. The molecule has 0 saturated heterocycles. The normalized spacial score (nSPS) is 10.1. The molecule has 2 nitrogen and oxygen atoms in total. The Kier molecular flexibility index (Phi) is 3.05. The molecular formula is C9H6BrClN2S. The zero-order valence-corrected chi connectivity index (χ0v) is 10.2.